The lowest BCUT2D eigenvalue weighted by molar-refractivity contribution is -0.137. The summed E-state index contributed by atoms with van der Waals surface area (Å²) < 4.78 is 38.1. The number of aliphatic hydroxyl groups is 3. The average molecular weight is 275 g/mol. The first-order valence-electron chi connectivity index (χ1n) is 5.39. The Bertz CT molecular complexity index is 482. The number of rotatable bonds is 4. The monoisotopic (exact) mass is 275 g/mol. The lowest BCUT2D eigenvalue weighted by Crippen LogP contribution is -2.20. The SMILES string of the molecule is N#Cc1ccc(C(O)C(O)CCO)cc1C(F)(F)F. The van der Waals surface area contributed by atoms with Crippen LogP contribution in [0, 0.1) is 11.3 Å². The molecule has 0 fully saturated rings. The van der Waals surface area contributed by atoms with Crippen LogP contribution in [-0.2, 0) is 6.18 Å². The first-order chi connectivity index (χ1) is 8.81. The zero-order chi connectivity index (χ0) is 14.6. The molecule has 0 aliphatic heterocycles. The van der Waals surface area contributed by atoms with Gasteiger partial charge in [-0.2, -0.15) is 18.4 Å². The molecule has 2 unspecified atom stereocenters. The van der Waals surface area contributed by atoms with Gasteiger partial charge in [0.1, 0.15) is 6.10 Å². The van der Waals surface area contributed by atoms with Gasteiger partial charge in [-0.3, -0.25) is 0 Å². The molecule has 0 aromatic heterocycles. The second-order valence-corrected chi connectivity index (χ2v) is 3.94. The summed E-state index contributed by atoms with van der Waals surface area (Å²) in [6.45, 7) is -0.402. The molecule has 1 aromatic rings. The van der Waals surface area contributed by atoms with Crippen LogP contribution in [0.5, 0.6) is 0 Å². The maximum atomic E-state index is 12.7. The normalized spacial score (nSPS) is 14.8. The molecule has 0 aliphatic carbocycles. The molecule has 3 N–H and O–H groups in total. The first-order valence-corrected chi connectivity index (χ1v) is 5.39. The van der Waals surface area contributed by atoms with Crippen LogP contribution in [0.3, 0.4) is 0 Å². The van der Waals surface area contributed by atoms with Crippen LogP contribution in [0.1, 0.15) is 29.2 Å². The van der Waals surface area contributed by atoms with Gasteiger partial charge in [0.2, 0.25) is 0 Å². The fraction of sp³-hybridized carbons (Fsp3) is 0.417. The lowest BCUT2D eigenvalue weighted by atomic mass is 9.97. The van der Waals surface area contributed by atoms with Crippen LogP contribution >= 0.6 is 0 Å². The van der Waals surface area contributed by atoms with Crippen LogP contribution in [-0.4, -0.2) is 28.0 Å². The molecule has 0 saturated carbocycles. The first kappa shape index (κ1) is 15.4. The van der Waals surface area contributed by atoms with E-state index in [0.29, 0.717) is 6.07 Å². The Hall–Kier alpha value is -1.62. The van der Waals surface area contributed by atoms with E-state index in [1.54, 1.807) is 0 Å². The quantitative estimate of drug-likeness (QED) is 0.774. The van der Waals surface area contributed by atoms with E-state index in [0.717, 1.165) is 12.1 Å². The number of nitriles is 1. The Labute approximate surface area is 107 Å². The molecule has 0 amide bonds. The number of benzene rings is 1. The Kier molecular flexibility index (Phi) is 4.89. The van der Waals surface area contributed by atoms with Gasteiger partial charge in [0.15, 0.2) is 0 Å². The zero-order valence-corrected chi connectivity index (χ0v) is 9.72. The van der Waals surface area contributed by atoms with Crippen molar-refractivity contribution in [1.82, 2.24) is 0 Å². The van der Waals surface area contributed by atoms with Crippen molar-refractivity contribution < 1.29 is 28.5 Å². The van der Waals surface area contributed by atoms with Crippen molar-refractivity contribution in [2.75, 3.05) is 6.61 Å². The molecule has 1 rings (SSSR count). The van der Waals surface area contributed by atoms with Crippen LogP contribution in [0.2, 0.25) is 0 Å². The summed E-state index contributed by atoms with van der Waals surface area (Å²) in [5.74, 6) is 0. The molecule has 0 heterocycles. The molecule has 19 heavy (non-hydrogen) atoms. The number of alkyl halides is 3. The molecular formula is C12H12F3NO3. The van der Waals surface area contributed by atoms with Crippen molar-refractivity contribution in [3.8, 4) is 6.07 Å². The summed E-state index contributed by atoms with van der Waals surface area (Å²) in [6, 6.07) is 4.12. The number of hydrogen-bond donors (Lipinski definition) is 3. The molecule has 4 nitrogen and oxygen atoms in total. The van der Waals surface area contributed by atoms with E-state index in [9.17, 15) is 23.4 Å². The topological polar surface area (TPSA) is 84.5 Å². The molecule has 0 aliphatic rings. The fourth-order valence-electron chi connectivity index (χ4n) is 1.59. The van der Waals surface area contributed by atoms with E-state index in [1.807, 2.05) is 0 Å². The van der Waals surface area contributed by atoms with Crippen molar-refractivity contribution >= 4 is 0 Å². The molecule has 7 heteroatoms. The third-order valence-electron chi connectivity index (χ3n) is 2.60. The predicted molar refractivity (Wildman–Crippen MR) is 58.8 cm³/mol. The van der Waals surface area contributed by atoms with Crippen LogP contribution < -0.4 is 0 Å². The van der Waals surface area contributed by atoms with E-state index in [4.69, 9.17) is 10.4 Å². The van der Waals surface area contributed by atoms with Crippen molar-refractivity contribution in [3.63, 3.8) is 0 Å². The molecule has 2 atom stereocenters. The van der Waals surface area contributed by atoms with E-state index < -0.39 is 36.1 Å². The Morgan fingerprint density at radius 3 is 2.37 bits per heavy atom. The molecular weight excluding hydrogens is 263 g/mol. The Morgan fingerprint density at radius 1 is 1.26 bits per heavy atom. The van der Waals surface area contributed by atoms with Crippen LogP contribution in [0.4, 0.5) is 13.2 Å². The third kappa shape index (κ3) is 3.67. The van der Waals surface area contributed by atoms with Gasteiger partial charge in [0.25, 0.3) is 0 Å². The number of hydrogen-bond acceptors (Lipinski definition) is 4. The summed E-state index contributed by atoms with van der Waals surface area (Å²) >= 11 is 0. The van der Waals surface area contributed by atoms with Gasteiger partial charge in [-0.15, -0.1) is 0 Å². The molecule has 0 radical (unpaired) electrons. The zero-order valence-electron chi connectivity index (χ0n) is 9.72. The minimum atomic E-state index is -4.72. The van der Waals surface area contributed by atoms with Crippen molar-refractivity contribution in [2.24, 2.45) is 0 Å². The van der Waals surface area contributed by atoms with Gasteiger partial charge in [0.05, 0.1) is 23.3 Å². The summed E-state index contributed by atoms with van der Waals surface area (Å²) in [5.41, 5.74) is -1.88. The largest absolute Gasteiger partial charge is 0.417 e. The Morgan fingerprint density at radius 2 is 1.89 bits per heavy atom. The maximum Gasteiger partial charge on any atom is 0.417 e. The van der Waals surface area contributed by atoms with Gasteiger partial charge in [-0.25, -0.2) is 0 Å². The van der Waals surface area contributed by atoms with Crippen molar-refractivity contribution in [2.45, 2.75) is 24.8 Å². The summed E-state index contributed by atoms with van der Waals surface area (Å²) in [7, 11) is 0. The van der Waals surface area contributed by atoms with Gasteiger partial charge < -0.3 is 15.3 Å². The highest BCUT2D eigenvalue weighted by atomic mass is 19.4. The molecule has 104 valence electrons. The van der Waals surface area contributed by atoms with E-state index >= 15 is 0 Å². The standard InChI is InChI=1S/C12H12F3NO3/c13-12(14,15)9-5-7(1-2-8(9)6-16)11(19)10(18)3-4-17/h1-2,5,10-11,17-19H,3-4H2. The number of nitrogens with zero attached hydrogens (tertiary/aromatic N) is 1. The molecule has 0 saturated heterocycles. The van der Waals surface area contributed by atoms with Crippen LogP contribution in [0.15, 0.2) is 18.2 Å². The maximum absolute atomic E-state index is 12.7. The lowest BCUT2D eigenvalue weighted by Gasteiger charge is -2.19. The highest BCUT2D eigenvalue weighted by molar-refractivity contribution is 5.42. The highest BCUT2D eigenvalue weighted by Gasteiger charge is 2.34. The summed E-state index contributed by atoms with van der Waals surface area (Å²) in [5, 5.41) is 36.3. The third-order valence-corrected chi connectivity index (χ3v) is 2.60. The highest BCUT2D eigenvalue weighted by Crippen LogP contribution is 2.34. The van der Waals surface area contributed by atoms with E-state index in [-0.39, 0.29) is 12.0 Å². The summed E-state index contributed by atoms with van der Waals surface area (Å²) in [6.07, 6.45) is -7.81. The molecule has 0 bridgehead atoms. The summed E-state index contributed by atoms with van der Waals surface area (Å²) in [4.78, 5) is 0. The minimum Gasteiger partial charge on any atom is -0.396 e. The second kappa shape index (κ2) is 6.02. The number of halogens is 3. The van der Waals surface area contributed by atoms with Gasteiger partial charge >= 0.3 is 6.18 Å². The van der Waals surface area contributed by atoms with Crippen molar-refractivity contribution in [1.29, 1.82) is 5.26 Å². The van der Waals surface area contributed by atoms with E-state index in [2.05, 4.69) is 0 Å². The molecule has 1 aromatic carbocycles. The van der Waals surface area contributed by atoms with Gasteiger partial charge in [-0.1, -0.05) is 6.07 Å². The van der Waals surface area contributed by atoms with Gasteiger partial charge in [-0.05, 0) is 24.1 Å². The van der Waals surface area contributed by atoms with Gasteiger partial charge in [0, 0.05) is 6.61 Å². The minimum absolute atomic E-state index is 0.160. The Balaban J connectivity index is 3.16. The smallest absolute Gasteiger partial charge is 0.396 e. The van der Waals surface area contributed by atoms with E-state index in [1.165, 1.54) is 6.07 Å². The predicted octanol–water partition coefficient (Wildman–Crippen LogP) is 1.35. The second-order valence-electron chi connectivity index (χ2n) is 3.94. The molecule has 0 spiro atoms. The van der Waals surface area contributed by atoms with Crippen molar-refractivity contribution in [3.05, 3.63) is 34.9 Å². The fourth-order valence-corrected chi connectivity index (χ4v) is 1.59. The van der Waals surface area contributed by atoms with Crippen LogP contribution in [0.25, 0.3) is 0 Å². The average Bonchev–Trinajstić information content (AvgIpc) is 2.36. The number of aliphatic hydroxyl groups excluding tert-OH is 3.